The molecule has 34 heavy (non-hydrogen) atoms. The molecular formula is C24H20Cl2N2O5S. The van der Waals surface area contributed by atoms with E-state index < -0.39 is 12.0 Å². The van der Waals surface area contributed by atoms with Crippen LogP contribution in [0.2, 0.25) is 10.0 Å². The molecule has 7 nitrogen and oxygen atoms in total. The minimum atomic E-state index is -0.751. The molecule has 0 saturated carbocycles. The van der Waals surface area contributed by atoms with Crippen LogP contribution >= 0.6 is 34.5 Å². The number of benzene rings is 2. The smallest absolute Gasteiger partial charge is 0.338 e. The van der Waals surface area contributed by atoms with Crippen molar-refractivity contribution >= 4 is 52.3 Å². The van der Waals surface area contributed by atoms with E-state index in [0.29, 0.717) is 36.2 Å². The van der Waals surface area contributed by atoms with Crippen LogP contribution in [-0.2, 0) is 9.53 Å². The number of carbonyl (C=O) groups is 1. The zero-order valence-electron chi connectivity index (χ0n) is 18.5. The van der Waals surface area contributed by atoms with Crippen LogP contribution in [0.4, 0.5) is 0 Å². The number of halogens is 2. The normalized spacial score (nSPS) is 15.7. The average molecular weight is 519 g/mol. The molecule has 1 atom stereocenters. The van der Waals surface area contributed by atoms with Crippen molar-refractivity contribution in [2.45, 2.75) is 19.9 Å². The maximum atomic E-state index is 13.3. The van der Waals surface area contributed by atoms with Crippen LogP contribution in [0.5, 0.6) is 11.5 Å². The van der Waals surface area contributed by atoms with Gasteiger partial charge in [-0.25, -0.2) is 9.79 Å². The summed E-state index contributed by atoms with van der Waals surface area (Å²) in [5.41, 5.74) is 1.57. The number of aromatic hydroxyl groups is 1. The van der Waals surface area contributed by atoms with Crippen molar-refractivity contribution in [3.8, 4) is 11.5 Å². The van der Waals surface area contributed by atoms with Gasteiger partial charge in [0.2, 0.25) is 0 Å². The first-order valence-corrected chi connectivity index (χ1v) is 11.8. The Labute approximate surface area is 208 Å². The lowest BCUT2D eigenvalue weighted by Crippen LogP contribution is -2.35. The molecule has 0 unspecified atom stereocenters. The van der Waals surface area contributed by atoms with Crippen LogP contribution in [0.3, 0.4) is 0 Å². The van der Waals surface area contributed by atoms with Crippen LogP contribution in [0.1, 0.15) is 31.0 Å². The molecule has 1 aromatic heterocycles. The summed E-state index contributed by atoms with van der Waals surface area (Å²) in [5, 5.41) is 10.9. The van der Waals surface area contributed by atoms with E-state index in [0.717, 1.165) is 0 Å². The molecule has 0 aliphatic carbocycles. The molecule has 1 aliphatic rings. The molecule has 1 N–H and O–H groups in total. The van der Waals surface area contributed by atoms with Crippen molar-refractivity contribution in [3.05, 3.63) is 82.8 Å². The van der Waals surface area contributed by atoms with Crippen LogP contribution in [0.15, 0.2) is 51.8 Å². The van der Waals surface area contributed by atoms with Gasteiger partial charge in [0, 0.05) is 15.7 Å². The van der Waals surface area contributed by atoms with Gasteiger partial charge in [-0.2, -0.15) is 0 Å². The number of hydrogen-bond acceptors (Lipinski definition) is 7. The molecule has 0 saturated heterocycles. The molecule has 0 fully saturated rings. The highest BCUT2D eigenvalue weighted by atomic mass is 35.5. The third-order valence-corrected chi connectivity index (χ3v) is 6.85. The van der Waals surface area contributed by atoms with Gasteiger partial charge in [-0.1, -0.05) is 46.7 Å². The molecule has 176 valence electrons. The summed E-state index contributed by atoms with van der Waals surface area (Å²) in [6.07, 6.45) is 1.67. The van der Waals surface area contributed by atoms with Gasteiger partial charge >= 0.3 is 5.97 Å². The standard InChI is InChI=1S/C24H20Cl2N2O5S/c1-4-33-23(31)20-12(2)28-22(30)19(10-13-5-7-15(25)11-16(13)26)34-24(28)27-21(20)14-6-8-17(29)18(9-14)32-3/h5-11,21,29H,4H2,1-3H3/b19-10-/t21-/m0/s1. The maximum absolute atomic E-state index is 13.3. The third kappa shape index (κ3) is 4.36. The van der Waals surface area contributed by atoms with Gasteiger partial charge < -0.3 is 14.6 Å². The van der Waals surface area contributed by atoms with Crippen LogP contribution in [0.25, 0.3) is 11.8 Å². The summed E-state index contributed by atoms with van der Waals surface area (Å²) in [6.45, 7) is 3.56. The SMILES string of the molecule is CCOC(=O)C1=C(C)n2c(s/c(=C\c3ccc(Cl)cc3Cl)c2=O)=N[C@H]1c1ccc(O)c(OC)c1. The third-order valence-electron chi connectivity index (χ3n) is 5.31. The van der Waals surface area contributed by atoms with Crippen LogP contribution < -0.4 is 19.6 Å². The molecule has 2 heterocycles. The van der Waals surface area contributed by atoms with E-state index in [1.165, 1.54) is 29.1 Å². The van der Waals surface area contributed by atoms with Crippen molar-refractivity contribution in [3.63, 3.8) is 0 Å². The Kier molecular flexibility index (Phi) is 6.84. The van der Waals surface area contributed by atoms with E-state index in [-0.39, 0.29) is 29.2 Å². The molecule has 4 rings (SSSR count). The number of ether oxygens (including phenoxy) is 2. The summed E-state index contributed by atoms with van der Waals surface area (Å²) < 4.78 is 12.3. The highest BCUT2D eigenvalue weighted by Crippen LogP contribution is 2.36. The van der Waals surface area contributed by atoms with E-state index in [1.54, 1.807) is 50.3 Å². The molecule has 10 heteroatoms. The number of esters is 1. The first-order valence-electron chi connectivity index (χ1n) is 10.3. The summed E-state index contributed by atoms with van der Waals surface area (Å²) in [4.78, 5) is 31.4. The predicted molar refractivity (Wildman–Crippen MR) is 132 cm³/mol. The van der Waals surface area contributed by atoms with Crippen molar-refractivity contribution in [2.75, 3.05) is 13.7 Å². The van der Waals surface area contributed by atoms with Crippen LogP contribution in [-0.4, -0.2) is 29.4 Å². The molecular weight excluding hydrogens is 499 g/mol. The number of allylic oxidation sites excluding steroid dienone is 1. The van der Waals surface area contributed by atoms with E-state index in [9.17, 15) is 14.7 Å². The van der Waals surface area contributed by atoms with Gasteiger partial charge in [0.05, 0.1) is 23.8 Å². The van der Waals surface area contributed by atoms with E-state index in [1.807, 2.05) is 0 Å². The van der Waals surface area contributed by atoms with Gasteiger partial charge in [-0.15, -0.1) is 0 Å². The fourth-order valence-corrected chi connectivity index (χ4v) is 5.18. The lowest BCUT2D eigenvalue weighted by molar-refractivity contribution is -0.138. The number of fused-ring (bicyclic) bond motifs is 1. The number of rotatable bonds is 5. The average Bonchev–Trinajstić information content (AvgIpc) is 3.11. The number of phenolic OH excluding ortho intramolecular Hbond substituents is 1. The van der Waals surface area contributed by atoms with Gasteiger partial charge in [0.1, 0.15) is 6.04 Å². The van der Waals surface area contributed by atoms with Gasteiger partial charge in [0.25, 0.3) is 5.56 Å². The van der Waals surface area contributed by atoms with Crippen molar-refractivity contribution in [2.24, 2.45) is 4.99 Å². The Hall–Kier alpha value is -3.07. The number of hydrogen-bond donors (Lipinski definition) is 1. The number of phenols is 1. The largest absolute Gasteiger partial charge is 0.504 e. The lowest BCUT2D eigenvalue weighted by atomic mass is 9.96. The zero-order valence-corrected chi connectivity index (χ0v) is 20.8. The Bertz CT molecular complexity index is 1510. The summed E-state index contributed by atoms with van der Waals surface area (Å²) in [7, 11) is 1.44. The van der Waals surface area contributed by atoms with Crippen molar-refractivity contribution in [1.29, 1.82) is 0 Å². The first-order chi connectivity index (χ1) is 16.2. The number of methoxy groups -OCH3 is 1. The second-order valence-corrected chi connectivity index (χ2v) is 9.23. The molecule has 2 aromatic carbocycles. The summed E-state index contributed by atoms with van der Waals surface area (Å²) in [5.74, 6) is -0.366. The Morgan fingerprint density at radius 2 is 2.03 bits per heavy atom. The second-order valence-electron chi connectivity index (χ2n) is 7.38. The first kappa shape index (κ1) is 24.1. The number of thiazole rings is 1. The fourth-order valence-electron chi connectivity index (χ4n) is 3.68. The topological polar surface area (TPSA) is 90.1 Å². The molecule has 1 aliphatic heterocycles. The van der Waals surface area contributed by atoms with Crippen molar-refractivity contribution in [1.82, 2.24) is 4.57 Å². The fraction of sp³-hybridized carbons (Fsp3) is 0.208. The molecule has 0 bridgehead atoms. The van der Waals surface area contributed by atoms with Crippen LogP contribution in [0, 0.1) is 0 Å². The van der Waals surface area contributed by atoms with E-state index >= 15 is 0 Å². The summed E-state index contributed by atoms with van der Waals surface area (Å²) in [6, 6.07) is 9.00. The lowest BCUT2D eigenvalue weighted by Gasteiger charge is -2.22. The van der Waals surface area contributed by atoms with E-state index in [4.69, 9.17) is 37.7 Å². The molecule has 0 amide bonds. The summed E-state index contributed by atoms with van der Waals surface area (Å²) >= 11 is 13.4. The number of aromatic nitrogens is 1. The number of nitrogens with zero attached hydrogens (tertiary/aromatic N) is 2. The minimum absolute atomic E-state index is 0.0368. The second kappa shape index (κ2) is 9.66. The Morgan fingerprint density at radius 1 is 1.26 bits per heavy atom. The number of carbonyl (C=O) groups excluding carboxylic acids is 1. The monoisotopic (exact) mass is 518 g/mol. The molecule has 0 spiro atoms. The van der Waals surface area contributed by atoms with Gasteiger partial charge in [0.15, 0.2) is 16.3 Å². The Morgan fingerprint density at radius 3 is 2.71 bits per heavy atom. The van der Waals surface area contributed by atoms with E-state index in [2.05, 4.69) is 0 Å². The molecule has 3 aromatic rings. The highest BCUT2D eigenvalue weighted by molar-refractivity contribution is 7.07. The van der Waals surface area contributed by atoms with Crippen molar-refractivity contribution < 1.29 is 19.4 Å². The quantitative estimate of drug-likeness (QED) is 0.516. The minimum Gasteiger partial charge on any atom is -0.504 e. The van der Waals surface area contributed by atoms with Gasteiger partial charge in [-0.3, -0.25) is 9.36 Å². The molecule has 0 radical (unpaired) electrons. The predicted octanol–water partition coefficient (Wildman–Crippen LogP) is 3.93. The highest BCUT2D eigenvalue weighted by Gasteiger charge is 2.32. The zero-order chi connectivity index (χ0) is 24.6. The van der Waals surface area contributed by atoms with Gasteiger partial charge in [-0.05, 0) is 55.3 Å². The Balaban J connectivity index is 1.96. The maximum Gasteiger partial charge on any atom is 0.338 e.